The Bertz CT molecular complexity index is 407. The lowest BCUT2D eigenvalue weighted by Gasteiger charge is -2.22. The standard InChI is InChI=1S/C16H24ClNO2/c1-12(13-6-2-3-7-13)18-10-14(19)11-20-16-9-5-4-8-15(16)17/h4-5,8-9,12-14,18-19H,2-3,6-7,10-11H2,1H3/t12-,14?/m0/s1. The summed E-state index contributed by atoms with van der Waals surface area (Å²) in [5.74, 6) is 1.38. The van der Waals surface area contributed by atoms with Crippen molar-refractivity contribution in [1.29, 1.82) is 0 Å². The van der Waals surface area contributed by atoms with Crippen LogP contribution in [0.15, 0.2) is 24.3 Å². The fourth-order valence-corrected chi connectivity index (χ4v) is 2.94. The summed E-state index contributed by atoms with van der Waals surface area (Å²) in [5, 5.41) is 14.0. The molecule has 0 aliphatic heterocycles. The van der Waals surface area contributed by atoms with Crippen LogP contribution in [-0.4, -0.2) is 30.4 Å². The minimum absolute atomic E-state index is 0.258. The van der Waals surface area contributed by atoms with Gasteiger partial charge in [0.25, 0.3) is 0 Å². The van der Waals surface area contributed by atoms with E-state index in [1.54, 1.807) is 6.07 Å². The van der Waals surface area contributed by atoms with Crippen LogP contribution in [0, 0.1) is 5.92 Å². The maximum absolute atomic E-state index is 9.96. The number of ether oxygens (including phenoxy) is 1. The Hall–Kier alpha value is -0.770. The van der Waals surface area contributed by atoms with Crippen LogP contribution in [-0.2, 0) is 0 Å². The Morgan fingerprint density at radius 2 is 2.05 bits per heavy atom. The highest BCUT2D eigenvalue weighted by atomic mass is 35.5. The van der Waals surface area contributed by atoms with E-state index in [0.717, 1.165) is 5.92 Å². The Kier molecular flexibility index (Phi) is 6.14. The molecule has 0 bridgehead atoms. The van der Waals surface area contributed by atoms with E-state index in [9.17, 15) is 5.11 Å². The van der Waals surface area contributed by atoms with Crippen LogP contribution < -0.4 is 10.1 Å². The number of hydrogen-bond donors (Lipinski definition) is 2. The molecule has 20 heavy (non-hydrogen) atoms. The van der Waals surface area contributed by atoms with Crippen LogP contribution in [0.5, 0.6) is 5.75 Å². The van der Waals surface area contributed by atoms with E-state index in [4.69, 9.17) is 16.3 Å². The van der Waals surface area contributed by atoms with Crippen molar-refractivity contribution in [3.8, 4) is 5.75 Å². The van der Waals surface area contributed by atoms with Crippen LogP contribution in [0.3, 0.4) is 0 Å². The zero-order valence-corrected chi connectivity index (χ0v) is 12.8. The molecular weight excluding hydrogens is 274 g/mol. The Labute approximate surface area is 126 Å². The Balaban J connectivity index is 1.67. The number of aliphatic hydroxyl groups is 1. The topological polar surface area (TPSA) is 41.5 Å². The van der Waals surface area contributed by atoms with E-state index in [2.05, 4.69) is 12.2 Å². The number of nitrogens with one attached hydrogen (secondary N) is 1. The van der Waals surface area contributed by atoms with E-state index in [0.29, 0.717) is 23.4 Å². The van der Waals surface area contributed by atoms with Gasteiger partial charge in [0.05, 0.1) is 5.02 Å². The van der Waals surface area contributed by atoms with Crippen LogP contribution in [0.25, 0.3) is 0 Å². The quantitative estimate of drug-likeness (QED) is 0.812. The third-order valence-corrected chi connectivity index (χ3v) is 4.36. The summed E-state index contributed by atoms with van der Waals surface area (Å²) in [6.07, 6.45) is 4.78. The lowest BCUT2D eigenvalue weighted by Crippen LogP contribution is -2.39. The van der Waals surface area contributed by atoms with Gasteiger partial charge in [-0.3, -0.25) is 0 Å². The third-order valence-electron chi connectivity index (χ3n) is 4.05. The molecule has 1 saturated carbocycles. The van der Waals surface area contributed by atoms with Gasteiger partial charge in [0.1, 0.15) is 18.5 Å². The molecule has 2 N–H and O–H groups in total. The third kappa shape index (κ3) is 4.65. The molecule has 1 unspecified atom stereocenters. The van der Waals surface area contributed by atoms with E-state index in [1.807, 2.05) is 18.2 Å². The highest BCUT2D eigenvalue weighted by Gasteiger charge is 2.21. The largest absolute Gasteiger partial charge is 0.489 e. The second kappa shape index (κ2) is 7.87. The van der Waals surface area contributed by atoms with Crippen LogP contribution >= 0.6 is 11.6 Å². The van der Waals surface area contributed by atoms with E-state index in [-0.39, 0.29) is 6.61 Å². The van der Waals surface area contributed by atoms with Crippen LogP contribution in [0.4, 0.5) is 0 Å². The van der Waals surface area contributed by atoms with Gasteiger partial charge in [0.2, 0.25) is 0 Å². The first kappa shape index (κ1) is 15.6. The zero-order valence-electron chi connectivity index (χ0n) is 12.0. The molecule has 1 aromatic rings. The van der Waals surface area contributed by atoms with E-state index >= 15 is 0 Å². The minimum atomic E-state index is -0.518. The first-order valence-corrected chi connectivity index (χ1v) is 7.83. The second-order valence-corrected chi connectivity index (χ2v) is 6.04. The molecule has 2 atom stereocenters. The van der Waals surface area contributed by atoms with Crippen molar-refractivity contribution >= 4 is 11.6 Å². The maximum atomic E-state index is 9.96. The molecule has 0 saturated heterocycles. The molecule has 0 heterocycles. The van der Waals surface area contributed by atoms with Gasteiger partial charge in [-0.2, -0.15) is 0 Å². The number of aliphatic hydroxyl groups excluding tert-OH is 1. The van der Waals surface area contributed by atoms with Gasteiger partial charge in [0, 0.05) is 12.6 Å². The van der Waals surface area contributed by atoms with Gasteiger partial charge < -0.3 is 15.2 Å². The molecule has 3 nitrogen and oxygen atoms in total. The number of para-hydroxylation sites is 1. The average molecular weight is 298 g/mol. The number of rotatable bonds is 7. The minimum Gasteiger partial charge on any atom is -0.489 e. The van der Waals surface area contributed by atoms with Crippen molar-refractivity contribution in [1.82, 2.24) is 5.32 Å². The van der Waals surface area contributed by atoms with E-state index in [1.165, 1.54) is 25.7 Å². The average Bonchev–Trinajstić information content (AvgIpc) is 2.98. The van der Waals surface area contributed by atoms with Crippen molar-refractivity contribution in [2.45, 2.75) is 44.8 Å². The van der Waals surface area contributed by atoms with Gasteiger partial charge >= 0.3 is 0 Å². The van der Waals surface area contributed by atoms with Gasteiger partial charge in [-0.25, -0.2) is 0 Å². The van der Waals surface area contributed by atoms with Crippen LogP contribution in [0.2, 0.25) is 5.02 Å². The first-order chi connectivity index (χ1) is 9.66. The lowest BCUT2D eigenvalue weighted by molar-refractivity contribution is 0.102. The fourth-order valence-electron chi connectivity index (χ4n) is 2.75. The molecule has 2 rings (SSSR count). The van der Waals surface area contributed by atoms with Crippen LogP contribution in [0.1, 0.15) is 32.6 Å². The van der Waals surface area contributed by atoms with Crippen molar-refractivity contribution in [2.75, 3.05) is 13.2 Å². The molecule has 1 fully saturated rings. The molecular formula is C16H24ClNO2. The van der Waals surface area contributed by atoms with Gasteiger partial charge in [-0.1, -0.05) is 36.6 Å². The molecule has 112 valence electrons. The monoisotopic (exact) mass is 297 g/mol. The fraction of sp³-hybridized carbons (Fsp3) is 0.625. The van der Waals surface area contributed by atoms with Crippen molar-refractivity contribution in [3.63, 3.8) is 0 Å². The highest BCUT2D eigenvalue weighted by molar-refractivity contribution is 6.32. The molecule has 1 aromatic carbocycles. The molecule has 0 amide bonds. The first-order valence-electron chi connectivity index (χ1n) is 7.45. The predicted octanol–water partition coefficient (Wildman–Crippen LogP) is 3.25. The Morgan fingerprint density at radius 1 is 1.35 bits per heavy atom. The maximum Gasteiger partial charge on any atom is 0.138 e. The summed E-state index contributed by atoms with van der Waals surface area (Å²) in [6.45, 7) is 3.02. The summed E-state index contributed by atoms with van der Waals surface area (Å²) in [4.78, 5) is 0. The summed E-state index contributed by atoms with van der Waals surface area (Å²) in [7, 11) is 0. The van der Waals surface area contributed by atoms with Gasteiger partial charge in [-0.15, -0.1) is 0 Å². The van der Waals surface area contributed by atoms with Crippen molar-refractivity contribution in [2.24, 2.45) is 5.92 Å². The predicted molar refractivity (Wildman–Crippen MR) is 82.4 cm³/mol. The smallest absolute Gasteiger partial charge is 0.138 e. The Morgan fingerprint density at radius 3 is 2.75 bits per heavy atom. The number of hydrogen-bond acceptors (Lipinski definition) is 3. The van der Waals surface area contributed by atoms with Crippen molar-refractivity contribution in [3.05, 3.63) is 29.3 Å². The molecule has 0 radical (unpaired) electrons. The molecule has 1 aliphatic carbocycles. The molecule has 0 spiro atoms. The molecule has 4 heteroatoms. The summed E-state index contributed by atoms with van der Waals surface area (Å²) >= 11 is 6.00. The second-order valence-electron chi connectivity index (χ2n) is 5.64. The number of benzene rings is 1. The molecule has 1 aliphatic rings. The summed E-state index contributed by atoms with van der Waals surface area (Å²) in [5.41, 5.74) is 0. The SMILES string of the molecule is C[C@H](NCC(O)COc1ccccc1Cl)C1CCCC1. The van der Waals surface area contributed by atoms with E-state index < -0.39 is 6.10 Å². The lowest BCUT2D eigenvalue weighted by atomic mass is 10.00. The summed E-state index contributed by atoms with van der Waals surface area (Å²) < 4.78 is 5.53. The van der Waals surface area contributed by atoms with Gasteiger partial charge in [0.15, 0.2) is 0 Å². The number of halogens is 1. The zero-order chi connectivity index (χ0) is 14.4. The normalized spacial score (nSPS) is 18.9. The van der Waals surface area contributed by atoms with Crippen molar-refractivity contribution < 1.29 is 9.84 Å². The summed E-state index contributed by atoms with van der Waals surface area (Å²) in [6, 6.07) is 7.78. The molecule has 0 aromatic heterocycles. The highest BCUT2D eigenvalue weighted by Crippen LogP contribution is 2.27. The van der Waals surface area contributed by atoms with Gasteiger partial charge in [-0.05, 0) is 37.8 Å².